The molecule has 0 N–H and O–H groups in total. The summed E-state index contributed by atoms with van der Waals surface area (Å²) in [5.74, 6) is 1.32. The number of halogens is 2. The highest BCUT2D eigenvalue weighted by molar-refractivity contribution is 6.17. The predicted molar refractivity (Wildman–Crippen MR) is 48.9 cm³/mol. The summed E-state index contributed by atoms with van der Waals surface area (Å²) in [6.07, 6.45) is 1.41. The van der Waals surface area contributed by atoms with Crippen LogP contribution in [0.4, 0.5) is 0 Å². The second-order valence-electron chi connectivity index (χ2n) is 2.10. The van der Waals surface area contributed by atoms with Gasteiger partial charge in [-0.25, -0.2) is 4.98 Å². The Morgan fingerprint density at radius 1 is 1.67 bits per heavy atom. The summed E-state index contributed by atoms with van der Waals surface area (Å²) in [6.45, 7) is 2.88. The highest BCUT2D eigenvalue weighted by atomic mass is 35.5. The quantitative estimate of drug-likeness (QED) is 0.566. The van der Waals surface area contributed by atoms with Gasteiger partial charge in [0.15, 0.2) is 6.39 Å². The molecule has 0 amide bonds. The Morgan fingerprint density at radius 2 is 2.42 bits per heavy atom. The van der Waals surface area contributed by atoms with E-state index in [9.17, 15) is 0 Å². The van der Waals surface area contributed by atoms with Gasteiger partial charge in [-0.05, 0) is 6.92 Å². The molecule has 0 aliphatic heterocycles. The van der Waals surface area contributed by atoms with E-state index in [2.05, 4.69) is 4.98 Å². The SMILES string of the molecule is Cc1ocnc1COCCCl.Cl. The van der Waals surface area contributed by atoms with E-state index in [1.807, 2.05) is 6.92 Å². The largest absolute Gasteiger partial charge is 0.448 e. The molecule has 70 valence electrons. The number of alkyl halides is 1. The van der Waals surface area contributed by atoms with Gasteiger partial charge in [-0.1, -0.05) is 0 Å². The minimum atomic E-state index is 0. The molecule has 0 aliphatic rings. The van der Waals surface area contributed by atoms with Gasteiger partial charge >= 0.3 is 0 Å². The molecule has 0 unspecified atom stereocenters. The molecule has 3 nitrogen and oxygen atoms in total. The first kappa shape index (κ1) is 11.8. The smallest absolute Gasteiger partial charge is 0.181 e. The molecule has 5 heteroatoms. The van der Waals surface area contributed by atoms with Crippen molar-refractivity contribution in [3.8, 4) is 0 Å². The Labute approximate surface area is 82.5 Å². The van der Waals surface area contributed by atoms with Gasteiger partial charge < -0.3 is 9.15 Å². The summed E-state index contributed by atoms with van der Waals surface area (Å²) in [6, 6.07) is 0. The highest BCUT2D eigenvalue weighted by Gasteiger charge is 2.01. The maximum Gasteiger partial charge on any atom is 0.181 e. The fourth-order valence-corrected chi connectivity index (χ4v) is 0.799. The first-order valence-electron chi connectivity index (χ1n) is 3.37. The number of hydrogen-bond donors (Lipinski definition) is 0. The van der Waals surface area contributed by atoms with Crippen molar-refractivity contribution in [2.24, 2.45) is 0 Å². The summed E-state index contributed by atoms with van der Waals surface area (Å²) in [5.41, 5.74) is 0.843. The average Bonchev–Trinajstić information content (AvgIpc) is 2.37. The van der Waals surface area contributed by atoms with Crippen molar-refractivity contribution in [3.63, 3.8) is 0 Å². The molecule has 0 atom stereocenters. The molecule has 1 aromatic heterocycles. The molecule has 0 fully saturated rings. The first-order chi connectivity index (χ1) is 5.34. The van der Waals surface area contributed by atoms with Gasteiger partial charge in [0, 0.05) is 5.88 Å². The fourth-order valence-electron chi connectivity index (χ4n) is 0.690. The van der Waals surface area contributed by atoms with E-state index in [0.29, 0.717) is 19.1 Å². The lowest BCUT2D eigenvalue weighted by molar-refractivity contribution is 0.132. The molecule has 0 saturated heterocycles. The summed E-state index contributed by atoms with van der Waals surface area (Å²) in [5, 5.41) is 0. The second kappa shape index (κ2) is 6.29. The second-order valence-corrected chi connectivity index (χ2v) is 2.47. The maximum absolute atomic E-state index is 5.41. The summed E-state index contributed by atoms with van der Waals surface area (Å²) in [4.78, 5) is 3.95. The van der Waals surface area contributed by atoms with Crippen LogP contribution in [-0.2, 0) is 11.3 Å². The van der Waals surface area contributed by atoms with Crippen LogP contribution in [0.3, 0.4) is 0 Å². The van der Waals surface area contributed by atoms with Gasteiger partial charge in [-0.2, -0.15) is 0 Å². The first-order valence-corrected chi connectivity index (χ1v) is 3.90. The van der Waals surface area contributed by atoms with Crippen molar-refractivity contribution in [1.29, 1.82) is 0 Å². The van der Waals surface area contributed by atoms with Crippen LogP contribution >= 0.6 is 24.0 Å². The number of hydrogen-bond acceptors (Lipinski definition) is 3. The lowest BCUT2D eigenvalue weighted by Crippen LogP contribution is -1.97. The van der Waals surface area contributed by atoms with Crippen molar-refractivity contribution < 1.29 is 9.15 Å². The van der Waals surface area contributed by atoms with Crippen molar-refractivity contribution in [3.05, 3.63) is 17.8 Å². The normalized spacial score (nSPS) is 9.50. The topological polar surface area (TPSA) is 35.3 Å². The number of nitrogens with zero attached hydrogens (tertiary/aromatic N) is 1. The molecule has 1 aromatic rings. The lowest BCUT2D eigenvalue weighted by Gasteiger charge is -1.97. The number of oxazole rings is 1. The fraction of sp³-hybridized carbons (Fsp3) is 0.571. The third kappa shape index (κ3) is 3.43. The number of aryl methyl sites for hydroxylation is 1. The van der Waals surface area contributed by atoms with Crippen molar-refractivity contribution in [1.82, 2.24) is 4.98 Å². The van der Waals surface area contributed by atoms with Crippen LogP contribution in [0.2, 0.25) is 0 Å². The van der Waals surface area contributed by atoms with Gasteiger partial charge in [0.25, 0.3) is 0 Å². The molecule has 1 heterocycles. The van der Waals surface area contributed by atoms with Crippen LogP contribution in [0.15, 0.2) is 10.8 Å². The van der Waals surface area contributed by atoms with E-state index in [-0.39, 0.29) is 12.4 Å². The van der Waals surface area contributed by atoms with E-state index >= 15 is 0 Å². The molecule has 0 spiro atoms. The Morgan fingerprint density at radius 3 is 2.92 bits per heavy atom. The van der Waals surface area contributed by atoms with Gasteiger partial charge in [-0.15, -0.1) is 24.0 Å². The van der Waals surface area contributed by atoms with Crippen LogP contribution in [0, 0.1) is 6.92 Å². The Balaban J connectivity index is 0.00000121. The molecule has 0 bridgehead atoms. The van der Waals surface area contributed by atoms with E-state index in [1.54, 1.807) is 0 Å². The maximum atomic E-state index is 5.41. The van der Waals surface area contributed by atoms with Gasteiger partial charge in [0.05, 0.1) is 13.2 Å². The predicted octanol–water partition coefficient (Wildman–Crippen LogP) is 2.16. The number of rotatable bonds is 4. The van der Waals surface area contributed by atoms with E-state index < -0.39 is 0 Å². The van der Waals surface area contributed by atoms with Crippen LogP contribution < -0.4 is 0 Å². The van der Waals surface area contributed by atoms with Crippen LogP contribution in [0.1, 0.15) is 11.5 Å². The molecular weight excluding hydrogens is 201 g/mol. The standard InChI is InChI=1S/C7H10ClNO2.ClH/c1-6-7(9-5-11-6)4-10-3-2-8;/h5H,2-4H2,1H3;1H. The van der Waals surface area contributed by atoms with Gasteiger partial charge in [0.1, 0.15) is 11.5 Å². The van der Waals surface area contributed by atoms with Crippen LogP contribution in [0.25, 0.3) is 0 Å². The van der Waals surface area contributed by atoms with E-state index in [0.717, 1.165) is 11.5 Å². The summed E-state index contributed by atoms with van der Waals surface area (Å²) in [7, 11) is 0. The Kier molecular flexibility index (Phi) is 6.16. The van der Waals surface area contributed by atoms with Gasteiger partial charge in [-0.3, -0.25) is 0 Å². The van der Waals surface area contributed by atoms with Crippen LogP contribution in [-0.4, -0.2) is 17.5 Å². The van der Waals surface area contributed by atoms with E-state index in [1.165, 1.54) is 6.39 Å². The molecule has 0 radical (unpaired) electrons. The summed E-state index contributed by atoms with van der Waals surface area (Å²) < 4.78 is 10.1. The lowest BCUT2D eigenvalue weighted by atomic mass is 10.4. The molecule has 0 aliphatic carbocycles. The zero-order chi connectivity index (χ0) is 8.10. The van der Waals surface area contributed by atoms with Crippen molar-refractivity contribution >= 4 is 24.0 Å². The number of aromatic nitrogens is 1. The Hall–Kier alpha value is -0.250. The minimum Gasteiger partial charge on any atom is -0.448 e. The molecule has 12 heavy (non-hydrogen) atoms. The van der Waals surface area contributed by atoms with E-state index in [4.69, 9.17) is 20.8 Å². The summed E-state index contributed by atoms with van der Waals surface area (Å²) >= 11 is 5.41. The van der Waals surface area contributed by atoms with Gasteiger partial charge in [0.2, 0.25) is 0 Å². The molecule has 0 saturated carbocycles. The van der Waals surface area contributed by atoms with Crippen LogP contribution in [0.5, 0.6) is 0 Å². The molecule has 0 aromatic carbocycles. The Bertz CT molecular complexity index is 215. The van der Waals surface area contributed by atoms with Crippen molar-refractivity contribution in [2.45, 2.75) is 13.5 Å². The monoisotopic (exact) mass is 211 g/mol. The highest BCUT2D eigenvalue weighted by Crippen LogP contribution is 2.05. The molecular formula is C7H11Cl2NO2. The molecule has 1 rings (SSSR count). The third-order valence-corrected chi connectivity index (χ3v) is 1.46. The van der Waals surface area contributed by atoms with Crippen molar-refractivity contribution in [2.75, 3.05) is 12.5 Å². The zero-order valence-corrected chi connectivity index (χ0v) is 8.32. The number of ether oxygens (including phenoxy) is 1. The zero-order valence-electron chi connectivity index (χ0n) is 6.75. The minimum absolute atomic E-state index is 0. The third-order valence-electron chi connectivity index (χ3n) is 1.30. The average molecular weight is 212 g/mol.